The van der Waals surface area contributed by atoms with Gasteiger partial charge in [-0.3, -0.25) is 9.59 Å². The highest BCUT2D eigenvalue weighted by molar-refractivity contribution is 5.82. The van der Waals surface area contributed by atoms with Gasteiger partial charge in [0.25, 0.3) is 0 Å². The van der Waals surface area contributed by atoms with Gasteiger partial charge in [0.2, 0.25) is 11.8 Å². The van der Waals surface area contributed by atoms with Gasteiger partial charge < -0.3 is 20.2 Å². The SMILES string of the molecule is O=C(CCC1CCN(C(=O)[C@@H]2C[C@@H](O)CN2)CC1)N1CCc2ccccc2C1. The molecule has 2 amide bonds. The zero-order valence-electron chi connectivity index (χ0n) is 16.5. The molecule has 2 atom stereocenters. The highest BCUT2D eigenvalue weighted by atomic mass is 16.3. The smallest absolute Gasteiger partial charge is 0.239 e. The first kappa shape index (κ1) is 19.4. The minimum Gasteiger partial charge on any atom is -0.392 e. The van der Waals surface area contributed by atoms with Crippen LogP contribution in [-0.2, 0) is 22.6 Å². The third-order valence-electron chi connectivity index (χ3n) is 6.58. The fourth-order valence-electron chi connectivity index (χ4n) is 4.76. The van der Waals surface area contributed by atoms with Crippen molar-refractivity contribution in [2.45, 2.75) is 57.2 Å². The molecule has 1 aromatic rings. The maximum Gasteiger partial charge on any atom is 0.239 e. The van der Waals surface area contributed by atoms with E-state index in [0.29, 0.717) is 25.3 Å². The number of β-amino-alcohol motifs (C(OH)–C–C–N with tert-alkyl or cyclic N) is 1. The first-order chi connectivity index (χ1) is 13.6. The molecule has 0 aromatic heterocycles. The summed E-state index contributed by atoms with van der Waals surface area (Å²) in [6.45, 7) is 3.60. The van der Waals surface area contributed by atoms with Crippen LogP contribution in [0.25, 0.3) is 0 Å². The van der Waals surface area contributed by atoms with E-state index in [1.807, 2.05) is 15.9 Å². The van der Waals surface area contributed by atoms with Gasteiger partial charge in [0.05, 0.1) is 12.1 Å². The highest BCUT2D eigenvalue weighted by Crippen LogP contribution is 2.25. The van der Waals surface area contributed by atoms with Gasteiger partial charge in [0.1, 0.15) is 0 Å². The molecule has 3 aliphatic heterocycles. The zero-order valence-corrected chi connectivity index (χ0v) is 16.5. The summed E-state index contributed by atoms with van der Waals surface area (Å²) in [5.41, 5.74) is 2.65. The van der Waals surface area contributed by atoms with Gasteiger partial charge in [-0.2, -0.15) is 0 Å². The van der Waals surface area contributed by atoms with Crippen molar-refractivity contribution in [3.8, 4) is 0 Å². The number of piperidine rings is 1. The van der Waals surface area contributed by atoms with Gasteiger partial charge in [0.15, 0.2) is 0 Å². The number of fused-ring (bicyclic) bond motifs is 1. The number of carbonyl (C=O) groups is 2. The molecule has 0 unspecified atom stereocenters. The highest BCUT2D eigenvalue weighted by Gasteiger charge is 2.33. The van der Waals surface area contributed by atoms with Crippen LogP contribution < -0.4 is 5.32 Å². The lowest BCUT2D eigenvalue weighted by molar-refractivity contribution is -0.135. The first-order valence-corrected chi connectivity index (χ1v) is 10.6. The van der Waals surface area contributed by atoms with E-state index in [1.165, 1.54) is 11.1 Å². The number of benzene rings is 1. The van der Waals surface area contributed by atoms with Crippen LogP contribution in [0.5, 0.6) is 0 Å². The number of hydrogen-bond donors (Lipinski definition) is 2. The Labute approximate surface area is 166 Å². The van der Waals surface area contributed by atoms with Crippen LogP contribution in [0.4, 0.5) is 0 Å². The second-order valence-electron chi connectivity index (χ2n) is 8.49. The van der Waals surface area contributed by atoms with Crippen molar-refractivity contribution in [2.75, 3.05) is 26.2 Å². The molecule has 2 saturated heterocycles. The van der Waals surface area contributed by atoms with E-state index < -0.39 is 6.10 Å². The molecule has 0 radical (unpaired) electrons. The summed E-state index contributed by atoms with van der Waals surface area (Å²) in [6.07, 6.45) is 4.53. The summed E-state index contributed by atoms with van der Waals surface area (Å²) in [4.78, 5) is 29.1. The Balaban J connectivity index is 1.19. The minimum absolute atomic E-state index is 0.123. The van der Waals surface area contributed by atoms with E-state index in [1.54, 1.807) is 0 Å². The molecule has 3 aliphatic rings. The Morgan fingerprint density at radius 2 is 1.82 bits per heavy atom. The Morgan fingerprint density at radius 3 is 2.54 bits per heavy atom. The van der Waals surface area contributed by atoms with Gasteiger partial charge in [-0.25, -0.2) is 0 Å². The van der Waals surface area contributed by atoms with E-state index in [0.717, 1.165) is 51.9 Å². The van der Waals surface area contributed by atoms with Crippen molar-refractivity contribution >= 4 is 11.8 Å². The van der Waals surface area contributed by atoms with Crippen molar-refractivity contribution < 1.29 is 14.7 Å². The summed E-state index contributed by atoms with van der Waals surface area (Å²) in [7, 11) is 0. The minimum atomic E-state index is -0.403. The van der Waals surface area contributed by atoms with Crippen molar-refractivity contribution in [1.29, 1.82) is 0 Å². The second-order valence-corrected chi connectivity index (χ2v) is 8.49. The standard InChI is InChI=1S/C22H31N3O3/c26-19-13-20(23-14-19)22(28)24-10-7-16(8-11-24)5-6-21(27)25-12-9-17-3-1-2-4-18(17)15-25/h1-4,16,19-20,23,26H,5-15H2/t19-,20+/m1/s1. The van der Waals surface area contributed by atoms with E-state index in [-0.39, 0.29) is 17.9 Å². The van der Waals surface area contributed by atoms with Gasteiger partial charge in [-0.1, -0.05) is 24.3 Å². The van der Waals surface area contributed by atoms with E-state index in [9.17, 15) is 14.7 Å². The third-order valence-corrected chi connectivity index (χ3v) is 6.58. The van der Waals surface area contributed by atoms with Crippen LogP contribution in [0.3, 0.4) is 0 Å². The third kappa shape index (κ3) is 4.39. The summed E-state index contributed by atoms with van der Waals surface area (Å²) >= 11 is 0. The van der Waals surface area contributed by atoms with Gasteiger partial charge in [0, 0.05) is 39.1 Å². The van der Waals surface area contributed by atoms with Crippen molar-refractivity contribution in [3.05, 3.63) is 35.4 Å². The number of hydrogen-bond acceptors (Lipinski definition) is 4. The average Bonchev–Trinajstić information content (AvgIpc) is 3.17. The topological polar surface area (TPSA) is 72.9 Å². The Kier molecular flexibility index (Phi) is 5.97. The normalized spacial score (nSPS) is 25.6. The van der Waals surface area contributed by atoms with Crippen LogP contribution in [0.2, 0.25) is 0 Å². The Hall–Kier alpha value is -1.92. The van der Waals surface area contributed by atoms with Crippen LogP contribution in [0, 0.1) is 5.92 Å². The van der Waals surface area contributed by atoms with Crippen LogP contribution >= 0.6 is 0 Å². The van der Waals surface area contributed by atoms with Crippen molar-refractivity contribution in [3.63, 3.8) is 0 Å². The van der Waals surface area contributed by atoms with Crippen molar-refractivity contribution in [2.24, 2.45) is 5.92 Å². The monoisotopic (exact) mass is 385 g/mol. The van der Waals surface area contributed by atoms with E-state index in [2.05, 4.69) is 23.5 Å². The maximum absolute atomic E-state index is 12.7. The largest absolute Gasteiger partial charge is 0.392 e. The van der Waals surface area contributed by atoms with Gasteiger partial charge in [-0.15, -0.1) is 0 Å². The number of amides is 2. The second kappa shape index (κ2) is 8.62. The molecule has 1 aromatic carbocycles. The number of likely N-dealkylation sites (tertiary alicyclic amines) is 1. The van der Waals surface area contributed by atoms with Crippen LogP contribution in [0.15, 0.2) is 24.3 Å². The van der Waals surface area contributed by atoms with Crippen LogP contribution in [-0.4, -0.2) is 65.0 Å². The number of nitrogens with one attached hydrogen (secondary N) is 1. The molecular formula is C22H31N3O3. The number of aliphatic hydroxyl groups excluding tert-OH is 1. The molecule has 6 heteroatoms. The summed E-state index contributed by atoms with van der Waals surface area (Å²) in [5, 5.41) is 12.7. The summed E-state index contributed by atoms with van der Waals surface area (Å²) < 4.78 is 0. The average molecular weight is 386 g/mol. The maximum atomic E-state index is 12.7. The zero-order chi connectivity index (χ0) is 19.5. The molecule has 0 aliphatic carbocycles. The van der Waals surface area contributed by atoms with E-state index in [4.69, 9.17) is 0 Å². The Bertz CT molecular complexity index is 715. The molecule has 28 heavy (non-hydrogen) atoms. The lowest BCUT2D eigenvalue weighted by Crippen LogP contribution is -2.47. The quantitative estimate of drug-likeness (QED) is 0.820. The molecule has 4 rings (SSSR count). The van der Waals surface area contributed by atoms with Gasteiger partial charge >= 0.3 is 0 Å². The first-order valence-electron chi connectivity index (χ1n) is 10.6. The predicted octanol–water partition coefficient (Wildman–Crippen LogP) is 1.31. The lowest BCUT2D eigenvalue weighted by Gasteiger charge is -2.34. The van der Waals surface area contributed by atoms with Crippen molar-refractivity contribution in [1.82, 2.24) is 15.1 Å². The molecule has 0 saturated carbocycles. The lowest BCUT2D eigenvalue weighted by atomic mass is 9.91. The predicted molar refractivity (Wildman–Crippen MR) is 107 cm³/mol. The number of nitrogens with zero attached hydrogens (tertiary/aromatic N) is 2. The molecular weight excluding hydrogens is 354 g/mol. The fourth-order valence-corrected chi connectivity index (χ4v) is 4.76. The summed E-state index contributed by atoms with van der Waals surface area (Å²) in [6, 6.07) is 8.17. The Morgan fingerprint density at radius 1 is 1.07 bits per heavy atom. The molecule has 0 spiro atoms. The molecule has 152 valence electrons. The van der Waals surface area contributed by atoms with Crippen LogP contribution in [0.1, 0.15) is 43.2 Å². The number of carbonyl (C=O) groups excluding carboxylic acids is 2. The molecule has 2 N–H and O–H groups in total. The fraction of sp³-hybridized carbons (Fsp3) is 0.636. The number of aliphatic hydroxyl groups is 1. The summed E-state index contributed by atoms with van der Waals surface area (Å²) in [5.74, 6) is 0.905. The van der Waals surface area contributed by atoms with E-state index >= 15 is 0 Å². The van der Waals surface area contributed by atoms with Gasteiger partial charge in [-0.05, 0) is 49.1 Å². The molecule has 6 nitrogen and oxygen atoms in total. The molecule has 3 heterocycles. The number of rotatable bonds is 4. The molecule has 0 bridgehead atoms. The molecule has 2 fully saturated rings.